The molecule has 5 aromatic carbocycles. The number of hydrogen-bond acceptors (Lipinski definition) is 9. The number of nitrogen functional groups attached to an aromatic ring is 1. The number of amides is 1. The summed E-state index contributed by atoms with van der Waals surface area (Å²) in [5, 5.41) is 36.7. The summed E-state index contributed by atoms with van der Waals surface area (Å²) in [6, 6.07) is 39.3. The maximum Gasteiger partial charge on any atom is 0.707 e. The monoisotopic (exact) mass is 653 g/mol. The Balaban J connectivity index is 0.000000295. The second kappa shape index (κ2) is 15.0. The fourth-order valence-corrected chi connectivity index (χ4v) is 5.15. The van der Waals surface area contributed by atoms with Crippen LogP contribution in [0, 0.1) is 0 Å². The topological polar surface area (TPSA) is 173 Å². The molecule has 0 spiro atoms. The van der Waals surface area contributed by atoms with Crippen LogP contribution in [0.25, 0.3) is 33.4 Å². The summed E-state index contributed by atoms with van der Waals surface area (Å²) in [4.78, 5) is 13.0. The second-order valence-electron chi connectivity index (χ2n) is 10.8. The van der Waals surface area contributed by atoms with Crippen LogP contribution in [0.5, 0.6) is 11.5 Å². The predicted molar refractivity (Wildman–Crippen MR) is 189 cm³/mol. The molecule has 0 saturated carbocycles. The van der Waals surface area contributed by atoms with E-state index in [1.165, 1.54) is 0 Å². The Morgan fingerprint density at radius 2 is 1.57 bits per heavy atom. The van der Waals surface area contributed by atoms with E-state index in [1.807, 2.05) is 102 Å². The Hall–Kier alpha value is -6.44. The van der Waals surface area contributed by atoms with Gasteiger partial charge in [-0.25, -0.2) is 4.68 Å². The van der Waals surface area contributed by atoms with Crippen molar-refractivity contribution < 1.29 is 24.2 Å². The number of fused-ring (bicyclic) bond motifs is 1. The number of ether oxygens (including phenoxy) is 1. The summed E-state index contributed by atoms with van der Waals surface area (Å²) in [6.07, 6.45) is 0. The summed E-state index contributed by atoms with van der Waals surface area (Å²) in [5.41, 5.74) is 12.5. The van der Waals surface area contributed by atoms with Gasteiger partial charge in [-0.3, -0.25) is 9.89 Å². The number of carbonyl (C=O) groups is 1. The van der Waals surface area contributed by atoms with E-state index in [1.54, 1.807) is 37.4 Å². The number of methoxy groups -OCH3 is 1. The number of para-hydroxylation sites is 1. The van der Waals surface area contributed by atoms with Crippen LogP contribution >= 0.6 is 0 Å². The molecular formula is C36H32BN7O5. The fraction of sp³-hybridized carbons (Fsp3) is 0.0556. The van der Waals surface area contributed by atoms with Gasteiger partial charge in [0.05, 0.1) is 24.9 Å². The molecule has 2 aromatic heterocycles. The number of nitrogens with one attached hydrogen (secondary N) is 2. The van der Waals surface area contributed by atoms with E-state index in [0.717, 1.165) is 39.0 Å². The van der Waals surface area contributed by atoms with Gasteiger partial charge in [-0.15, -0.1) is 5.10 Å². The summed E-state index contributed by atoms with van der Waals surface area (Å²) < 4.78 is 11.3. The van der Waals surface area contributed by atoms with Gasteiger partial charge in [0.1, 0.15) is 17.2 Å². The summed E-state index contributed by atoms with van der Waals surface area (Å²) in [7, 11) is -0.227. The Kier molecular flexibility index (Phi) is 9.94. The maximum atomic E-state index is 13.0. The van der Waals surface area contributed by atoms with Gasteiger partial charge in [0.15, 0.2) is 5.82 Å². The van der Waals surface area contributed by atoms with Crippen LogP contribution in [-0.4, -0.2) is 55.6 Å². The van der Waals surface area contributed by atoms with Crippen molar-refractivity contribution >= 4 is 35.6 Å². The minimum absolute atomic E-state index is 0.190. The molecule has 7 rings (SSSR count). The van der Waals surface area contributed by atoms with Crippen molar-refractivity contribution in [3.63, 3.8) is 0 Å². The Morgan fingerprint density at radius 1 is 0.857 bits per heavy atom. The lowest BCUT2D eigenvalue weighted by Crippen LogP contribution is -2.20. The molecule has 6 N–H and O–H groups in total. The SMILES string of the molecule is COc1ccc(OB(O)O)cc1.Nc1n[nH]c2ccc(-c3nnn(Cc4ccccc4)c3-c3cccc(C(=O)Nc4ccccc4)c3)cc12. The molecular weight excluding hydrogens is 621 g/mol. The van der Waals surface area contributed by atoms with Gasteiger partial charge in [-0.2, -0.15) is 5.10 Å². The van der Waals surface area contributed by atoms with Crippen molar-refractivity contribution in [2.24, 2.45) is 0 Å². The van der Waals surface area contributed by atoms with E-state index >= 15 is 0 Å². The number of nitrogens with zero attached hydrogens (tertiary/aromatic N) is 4. The molecule has 49 heavy (non-hydrogen) atoms. The number of aromatic amines is 1. The summed E-state index contributed by atoms with van der Waals surface area (Å²) in [5.74, 6) is 1.31. The first-order chi connectivity index (χ1) is 23.9. The zero-order valence-corrected chi connectivity index (χ0v) is 26.4. The first-order valence-electron chi connectivity index (χ1n) is 15.2. The van der Waals surface area contributed by atoms with E-state index in [2.05, 4.69) is 30.5 Å². The molecule has 12 nitrogen and oxygen atoms in total. The van der Waals surface area contributed by atoms with Crippen LogP contribution in [0.4, 0.5) is 11.5 Å². The van der Waals surface area contributed by atoms with Gasteiger partial charge in [-0.1, -0.05) is 71.9 Å². The van der Waals surface area contributed by atoms with Gasteiger partial charge < -0.3 is 30.5 Å². The van der Waals surface area contributed by atoms with Crippen LogP contribution < -0.4 is 20.4 Å². The standard InChI is InChI=1S/C29H23N7O.C7H9BO4/c30-28-24-17-20(14-15-25(24)32-34-28)26-27(36(35-33-26)18-19-8-3-1-4-9-19)21-10-7-11-22(16-21)29(37)31-23-12-5-2-6-13-23;1-11-6-2-4-7(5-3-6)12-8(9)10/h1-17H,18H2,(H,31,37)(H3,30,32,34);2-5,9-10H,1H3. The highest BCUT2D eigenvalue weighted by Crippen LogP contribution is 2.34. The molecule has 0 radical (unpaired) electrons. The van der Waals surface area contributed by atoms with Crippen molar-refractivity contribution in [1.29, 1.82) is 0 Å². The molecule has 0 atom stereocenters. The molecule has 2 heterocycles. The number of anilines is 2. The number of H-pyrrole nitrogens is 1. The molecule has 244 valence electrons. The van der Waals surface area contributed by atoms with E-state index in [0.29, 0.717) is 35.1 Å². The molecule has 0 aliphatic rings. The molecule has 0 saturated heterocycles. The number of hydrogen-bond donors (Lipinski definition) is 5. The Bertz CT molecular complexity index is 2150. The van der Waals surface area contributed by atoms with E-state index < -0.39 is 7.32 Å². The van der Waals surface area contributed by atoms with E-state index in [9.17, 15) is 4.79 Å². The van der Waals surface area contributed by atoms with Gasteiger partial charge in [0.2, 0.25) is 0 Å². The van der Waals surface area contributed by atoms with Gasteiger partial charge in [-0.05, 0) is 66.2 Å². The highest BCUT2D eigenvalue weighted by Gasteiger charge is 2.20. The highest BCUT2D eigenvalue weighted by atomic mass is 16.6. The lowest BCUT2D eigenvalue weighted by Gasteiger charge is -2.11. The third-order valence-electron chi connectivity index (χ3n) is 7.51. The van der Waals surface area contributed by atoms with Crippen molar-refractivity contribution in [2.45, 2.75) is 6.54 Å². The minimum Gasteiger partial charge on any atom is -0.512 e. The zero-order valence-electron chi connectivity index (χ0n) is 26.4. The molecule has 13 heteroatoms. The van der Waals surface area contributed by atoms with Crippen LogP contribution in [-0.2, 0) is 6.54 Å². The largest absolute Gasteiger partial charge is 0.707 e. The number of nitrogens with two attached hydrogens (primary N) is 1. The Labute approximate surface area is 281 Å². The third kappa shape index (κ3) is 7.93. The van der Waals surface area contributed by atoms with Crippen molar-refractivity contribution in [3.05, 3.63) is 139 Å². The molecule has 0 bridgehead atoms. The number of carbonyl (C=O) groups excluding carboxylic acids is 1. The van der Waals surface area contributed by atoms with Crippen molar-refractivity contribution in [1.82, 2.24) is 25.2 Å². The first kappa shape index (κ1) is 32.5. The number of benzene rings is 5. The van der Waals surface area contributed by atoms with Crippen molar-refractivity contribution in [2.75, 3.05) is 18.2 Å². The van der Waals surface area contributed by atoms with Crippen LogP contribution in [0.1, 0.15) is 15.9 Å². The minimum atomic E-state index is -1.78. The molecule has 0 fully saturated rings. The van der Waals surface area contributed by atoms with Crippen LogP contribution in [0.15, 0.2) is 127 Å². The lowest BCUT2D eigenvalue weighted by atomic mass is 10.0. The molecule has 0 unspecified atom stereocenters. The number of rotatable bonds is 9. The highest BCUT2D eigenvalue weighted by molar-refractivity contribution is 6.33. The second-order valence-corrected chi connectivity index (χ2v) is 10.8. The van der Waals surface area contributed by atoms with Crippen molar-refractivity contribution in [3.8, 4) is 34.0 Å². The number of aromatic nitrogens is 5. The third-order valence-corrected chi connectivity index (χ3v) is 7.51. The lowest BCUT2D eigenvalue weighted by molar-refractivity contribution is 0.102. The van der Waals surface area contributed by atoms with Gasteiger partial charge >= 0.3 is 7.32 Å². The van der Waals surface area contributed by atoms with Crippen LogP contribution in [0.2, 0.25) is 0 Å². The molecule has 1 amide bonds. The molecule has 0 aliphatic heterocycles. The van der Waals surface area contributed by atoms with E-state index in [4.69, 9.17) is 20.5 Å². The average molecular weight is 654 g/mol. The average Bonchev–Trinajstić information content (AvgIpc) is 3.72. The normalized spacial score (nSPS) is 10.6. The first-order valence-corrected chi connectivity index (χ1v) is 15.2. The fourth-order valence-electron chi connectivity index (χ4n) is 5.15. The van der Waals surface area contributed by atoms with Gasteiger partial charge in [0, 0.05) is 27.8 Å². The predicted octanol–water partition coefficient (Wildman–Crippen LogP) is 5.41. The summed E-state index contributed by atoms with van der Waals surface area (Å²) in [6.45, 7) is 0.527. The smallest absolute Gasteiger partial charge is 0.512 e. The Morgan fingerprint density at radius 3 is 2.29 bits per heavy atom. The maximum absolute atomic E-state index is 13.0. The zero-order chi connectivity index (χ0) is 34.2. The van der Waals surface area contributed by atoms with Gasteiger partial charge in [0.25, 0.3) is 5.91 Å². The molecule has 0 aliphatic carbocycles. The van der Waals surface area contributed by atoms with Crippen LogP contribution in [0.3, 0.4) is 0 Å². The molecule has 7 aromatic rings. The van der Waals surface area contributed by atoms with E-state index in [-0.39, 0.29) is 5.91 Å². The quantitative estimate of drug-likeness (QED) is 0.128. The summed E-state index contributed by atoms with van der Waals surface area (Å²) >= 11 is 0.